The highest BCUT2D eigenvalue weighted by molar-refractivity contribution is 5.93. The first-order chi connectivity index (χ1) is 12.5. The lowest BCUT2D eigenvalue weighted by Gasteiger charge is -2.13. The van der Waals surface area contributed by atoms with Crippen molar-refractivity contribution in [3.8, 4) is 0 Å². The minimum Gasteiger partial charge on any atom is -0.347 e. The summed E-state index contributed by atoms with van der Waals surface area (Å²) in [6.45, 7) is 6.26. The van der Waals surface area contributed by atoms with E-state index in [0.29, 0.717) is 23.9 Å². The molecule has 0 saturated heterocycles. The number of benzene rings is 1. The zero-order valence-electron chi connectivity index (χ0n) is 15.1. The van der Waals surface area contributed by atoms with Gasteiger partial charge in [-0.1, -0.05) is 18.2 Å². The molecule has 2 heterocycles. The van der Waals surface area contributed by atoms with E-state index in [1.165, 1.54) is 0 Å². The number of nitrogens with one attached hydrogen (secondary N) is 2. The first kappa shape index (κ1) is 17.5. The van der Waals surface area contributed by atoms with Gasteiger partial charge in [0.25, 0.3) is 5.91 Å². The molecule has 26 heavy (non-hydrogen) atoms. The van der Waals surface area contributed by atoms with Crippen LogP contribution in [0.2, 0.25) is 0 Å². The van der Waals surface area contributed by atoms with Gasteiger partial charge in [0.2, 0.25) is 0 Å². The average Bonchev–Trinajstić information content (AvgIpc) is 2.63. The number of carbonyl (C=O) groups excluding carboxylic acids is 1. The molecule has 3 rings (SSSR count). The van der Waals surface area contributed by atoms with Gasteiger partial charge < -0.3 is 10.6 Å². The lowest BCUT2D eigenvalue weighted by Crippen LogP contribution is -2.24. The van der Waals surface area contributed by atoms with Crippen LogP contribution in [0.5, 0.6) is 0 Å². The zero-order valence-corrected chi connectivity index (χ0v) is 15.1. The Balaban J connectivity index is 1.78. The van der Waals surface area contributed by atoms with E-state index >= 15 is 0 Å². The molecule has 0 bridgehead atoms. The number of pyridine rings is 1. The third-order valence-corrected chi connectivity index (χ3v) is 4.01. The molecule has 0 atom stereocenters. The fourth-order valence-electron chi connectivity index (χ4n) is 2.66. The van der Waals surface area contributed by atoms with E-state index < -0.39 is 0 Å². The maximum Gasteiger partial charge on any atom is 0.270 e. The Morgan fingerprint density at radius 3 is 2.38 bits per heavy atom. The Labute approximate surface area is 152 Å². The second-order valence-electron chi connectivity index (χ2n) is 6.12. The molecule has 6 nitrogen and oxygen atoms in total. The van der Waals surface area contributed by atoms with Crippen molar-refractivity contribution in [1.29, 1.82) is 0 Å². The van der Waals surface area contributed by atoms with Gasteiger partial charge in [-0.2, -0.15) is 0 Å². The van der Waals surface area contributed by atoms with Crippen LogP contribution in [0.4, 0.5) is 11.5 Å². The number of carbonyl (C=O) groups is 1. The Morgan fingerprint density at radius 2 is 1.69 bits per heavy atom. The fraction of sp³-hybridized carbons (Fsp3) is 0.200. The molecular formula is C20H21N5O. The van der Waals surface area contributed by atoms with Gasteiger partial charge in [0.1, 0.15) is 17.3 Å². The molecule has 2 N–H and O–H groups in total. The molecule has 0 fully saturated rings. The number of para-hydroxylation sites is 1. The number of amides is 1. The van der Waals surface area contributed by atoms with Crippen LogP contribution in [-0.2, 0) is 6.54 Å². The Kier molecular flexibility index (Phi) is 5.22. The molecule has 0 spiro atoms. The van der Waals surface area contributed by atoms with Crippen LogP contribution in [0.25, 0.3) is 0 Å². The fourth-order valence-corrected chi connectivity index (χ4v) is 2.66. The minimum absolute atomic E-state index is 0.239. The molecule has 2 aromatic heterocycles. The van der Waals surface area contributed by atoms with E-state index in [1.807, 2.05) is 44.2 Å². The van der Waals surface area contributed by atoms with Crippen molar-refractivity contribution in [3.05, 3.63) is 77.0 Å². The number of aromatic nitrogens is 3. The van der Waals surface area contributed by atoms with Gasteiger partial charge in [0, 0.05) is 30.7 Å². The molecule has 0 saturated carbocycles. The van der Waals surface area contributed by atoms with Gasteiger partial charge in [-0.15, -0.1) is 0 Å². The predicted octanol–water partition coefficient (Wildman–Crippen LogP) is 3.47. The topological polar surface area (TPSA) is 79.8 Å². The van der Waals surface area contributed by atoms with Gasteiger partial charge in [0.05, 0.1) is 0 Å². The van der Waals surface area contributed by atoms with Gasteiger partial charge in [0.15, 0.2) is 0 Å². The van der Waals surface area contributed by atoms with Crippen LogP contribution >= 0.6 is 0 Å². The Bertz CT molecular complexity index is 904. The predicted molar refractivity (Wildman–Crippen MR) is 101 cm³/mol. The van der Waals surface area contributed by atoms with Crippen LogP contribution in [0.1, 0.15) is 33.0 Å². The number of hydrogen-bond acceptors (Lipinski definition) is 5. The third kappa shape index (κ3) is 4.22. The summed E-state index contributed by atoms with van der Waals surface area (Å²) in [4.78, 5) is 25.1. The highest BCUT2D eigenvalue weighted by Crippen LogP contribution is 2.23. The van der Waals surface area contributed by atoms with Crippen LogP contribution in [0, 0.1) is 20.8 Å². The summed E-state index contributed by atoms with van der Waals surface area (Å²) in [5.41, 5.74) is 4.54. The number of rotatable bonds is 5. The molecule has 0 aliphatic carbocycles. The number of aryl methyl sites for hydroxylation is 3. The lowest BCUT2D eigenvalue weighted by atomic mass is 10.1. The van der Waals surface area contributed by atoms with E-state index in [2.05, 4.69) is 25.6 Å². The summed E-state index contributed by atoms with van der Waals surface area (Å²) in [6.07, 6.45) is 3.39. The normalized spacial score (nSPS) is 10.4. The molecule has 1 amide bonds. The van der Waals surface area contributed by atoms with Gasteiger partial charge >= 0.3 is 0 Å². The largest absolute Gasteiger partial charge is 0.347 e. The van der Waals surface area contributed by atoms with Crippen molar-refractivity contribution in [1.82, 2.24) is 20.3 Å². The standard InChI is InChI=1S/C20H21N5O/c1-13-5-4-6-14(2)19(13)25-18-11-17(23-15(3)24-18)20(26)22-12-16-7-9-21-10-8-16/h4-11H,12H2,1-3H3,(H,22,26)(H,23,24,25). The summed E-state index contributed by atoms with van der Waals surface area (Å²) in [7, 11) is 0. The smallest absolute Gasteiger partial charge is 0.270 e. The van der Waals surface area contributed by atoms with Crippen LogP contribution in [0.15, 0.2) is 48.8 Å². The quantitative estimate of drug-likeness (QED) is 0.739. The number of anilines is 2. The van der Waals surface area contributed by atoms with E-state index in [1.54, 1.807) is 25.4 Å². The molecule has 6 heteroatoms. The van der Waals surface area contributed by atoms with Crippen LogP contribution in [-0.4, -0.2) is 20.9 Å². The SMILES string of the molecule is Cc1nc(Nc2c(C)cccc2C)cc(C(=O)NCc2ccncc2)n1. The molecule has 0 aliphatic heterocycles. The molecule has 132 valence electrons. The van der Waals surface area contributed by atoms with E-state index in [-0.39, 0.29) is 5.91 Å². The van der Waals surface area contributed by atoms with Gasteiger partial charge in [-0.25, -0.2) is 9.97 Å². The highest BCUT2D eigenvalue weighted by Gasteiger charge is 2.12. The zero-order chi connectivity index (χ0) is 18.5. The Morgan fingerprint density at radius 1 is 1.00 bits per heavy atom. The van der Waals surface area contributed by atoms with Crippen molar-refractivity contribution < 1.29 is 4.79 Å². The summed E-state index contributed by atoms with van der Waals surface area (Å²) in [6, 6.07) is 11.5. The van der Waals surface area contributed by atoms with Crippen molar-refractivity contribution in [3.63, 3.8) is 0 Å². The maximum atomic E-state index is 12.5. The third-order valence-electron chi connectivity index (χ3n) is 4.01. The highest BCUT2D eigenvalue weighted by atomic mass is 16.1. The second-order valence-corrected chi connectivity index (χ2v) is 6.12. The maximum absolute atomic E-state index is 12.5. The van der Waals surface area contributed by atoms with Gasteiger partial charge in [-0.3, -0.25) is 9.78 Å². The van der Waals surface area contributed by atoms with E-state index in [0.717, 1.165) is 22.4 Å². The molecule has 3 aromatic rings. The van der Waals surface area contributed by atoms with Crippen molar-refractivity contribution in [2.24, 2.45) is 0 Å². The number of hydrogen-bond donors (Lipinski definition) is 2. The minimum atomic E-state index is -0.239. The summed E-state index contributed by atoms with van der Waals surface area (Å²) < 4.78 is 0. The summed E-state index contributed by atoms with van der Waals surface area (Å²) >= 11 is 0. The van der Waals surface area contributed by atoms with E-state index in [4.69, 9.17) is 0 Å². The van der Waals surface area contributed by atoms with Crippen LogP contribution < -0.4 is 10.6 Å². The van der Waals surface area contributed by atoms with Crippen molar-refractivity contribution in [2.45, 2.75) is 27.3 Å². The van der Waals surface area contributed by atoms with E-state index in [9.17, 15) is 4.79 Å². The monoisotopic (exact) mass is 347 g/mol. The lowest BCUT2D eigenvalue weighted by molar-refractivity contribution is 0.0945. The first-order valence-corrected chi connectivity index (χ1v) is 8.39. The summed E-state index contributed by atoms with van der Waals surface area (Å²) in [5.74, 6) is 0.899. The molecule has 0 radical (unpaired) electrons. The van der Waals surface area contributed by atoms with Crippen molar-refractivity contribution >= 4 is 17.4 Å². The second kappa shape index (κ2) is 7.74. The molecule has 0 unspecified atom stereocenters. The van der Waals surface area contributed by atoms with Gasteiger partial charge in [-0.05, 0) is 49.6 Å². The average molecular weight is 347 g/mol. The molecular weight excluding hydrogens is 326 g/mol. The summed E-state index contributed by atoms with van der Waals surface area (Å²) in [5, 5.41) is 6.18. The molecule has 1 aromatic carbocycles. The number of nitrogens with zero attached hydrogens (tertiary/aromatic N) is 3. The Hall–Kier alpha value is -3.28. The first-order valence-electron chi connectivity index (χ1n) is 8.39. The van der Waals surface area contributed by atoms with Crippen LogP contribution in [0.3, 0.4) is 0 Å². The molecule has 0 aliphatic rings. The van der Waals surface area contributed by atoms with Crippen molar-refractivity contribution in [2.75, 3.05) is 5.32 Å².